The fraction of sp³-hybridized carbons (Fsp3) is 0.235. The smallest absolute Gasteiger partial charge is 0.193 e. The van der Waals surface area contributed by atoms with Crippen LogP contribution in [-0.2, 0) is 26.4 Å². The summed E-state index contributed by atoms with van der Waals surface area (Å²) in [5, 5.41) is 38.0. The van der Waals surface area contributed by atoms with Gasteiger partial charge in [0, 0.05) is 11.1 Å². The van der Waals surface area contributed by atoms with Crippen LogP contribution in [0.5, 0.6) is 0 Å². The molecule has 2 aromatic carbocycles. The predicted molar refractivity (Wildman–Crippen MR) is 80.0 cm³/mol. The maximum absolute atomic E-state index is 12.6. The van der Waals surface area contributed by atoms with Crippen molar-refractivity contribution in [2.45, 2.75) is 26.4 Å². The van der Waals surface area contributed by atoms with Crippen molar-refractivity contribution in [2.24, 2.45) is 0 Å². The molecule has 0 fully saturated rings. The molecule has 0 aliphatic carbocycles. The van der Waals surface area contributed by atoms with Crippen LogP contribution in [0.25, 0.3) is 0 Å². The van der Waals surface area contributed by atoms with Crippen molar-refractivity contribution in [3.8, 4) is 0 Å². The number of hydrogen-bond acceptors (Lipinski definition) is 5. The van der Waals surface area contributed by atoms with Crippen LogP contribution in [0.4, 0.5) is 0 Å². The lowest BCUT2D eigenvalue weighted by Crippen LogP contribution is -2.13. The van der Waals surface area contributed by atoms with Crippen LogP contribution in [-0.4, -0.2) is 26.2 Å². The van der Waals surface area contributed by atoms with Gasteiger partial charge in [-0.25, -0.2) is 0 Å². The highest BCUT2D eigenvalue weighted by Gasteiger charge is 2.21. The van der Waals surface area contributed by atoms with Crippen molar-refractivity contribution in [3.63, 3.8) is 0 Å². The molecule has 0 bridgehead atoms. The van der Waals surface area contributed by atoms with Gasteiger partial charge in [0.05, 0.1) is 26.4 Å². The molecule has 0 atom stereocenters. The van der Waals surface area contributed by atoms with Crippen LogP contribution in [0.2, 0.25) is 0 Å². The molecule has 0 aliphatic rings. The number of ketones is 1. The van der Waals surface area contributed by atoms with Crippen molar-refractivity contribution in [3.05, 3.63) is 69.8 Å². The molecule has 116 valence electrons. The Labute approximate surface area is 128 Å². The molecule has 2 aromatic rings. The number of benzene rings is 2. The average molecular weight is 302 g/mol. The summed E-state index contributed by atoms with van der Waals surface area (Å²) >= 11 is 0. The Balaban J connectivity index is 2.67. The molecule has 0 saturated heterocycles. The second kappa shape index (κ2) is 7.29. The quantitative estimate of drug-likeness (QED) is 0.594. The van der Waals surface area contributed by atoms with Crippen molar-refractivity contribution in [1.82, 2.24) is 0 Å². The first-order valence-electron chi connectivity index (χ1n) is 6.87. The van der Waals surface area contributed by atoms with Gasteiger partial charge in [-0.15, -0.1) is 0 Å². The summed E-state index contributed by atoms with van der Waals surface area (Å²) in [7, 11) is 0. The minimum atomic E-state index is -0.442. The third-order valence-corrected chi connectivity index (χ3v) is 3.69. The number of carbonyl (C=O) groups excluding carboxylic acids is 1. The molecule has 0 heterocycles. The van der Waals surface area contributed by atoms with E-state index in [9.17, 15) is 25.2 Å². The van der Waals surface area contributed by atoms with Crippen molar-refractivity contribution >= 4 is 5.78 Å². The van der Waals surface area contributed by atoms with E-state index in [0.29, 0.717) is 16.7 Å². The van der Waals surface area contributed by atoms with Gasteiger partial charge in [-0.3, -0.25) is 4.79 Å². The second-order valence-electron chi connectivity index (χ2n) is 4.85. The van der Waals surface area contributed by atoms with E-state index in [0.717, 1.165) is 0 Å². The summed E-state index contributed by atoms with van der Waals surface area (Å²) in [6.07, 6.45) is 0. The third-order valence-electron chi connectivity index (χ3n) is 3.69. The Bertz CT molecular complexity index is 664. The lowest BCUT2D eigenvalue weighted by molar-refractivity contribution is 0.103. The molecule has 0 amide bonds. The van der Waals surface area contributed by atoms with E-state index in [4.69, 9.17) is 0 Å². The molecule has 0 spiro atoms. The van der Waals surface area contributed by atoms with E-state index < -0.39 is 19.8 Å². The molecule has 22 heavy (non-hydrogen) atoms. The molecule has 5 nitrogen and oxygen atoms in total. The molecular formula is C17H18O5. The van der Waals surface area contributed by atoms with E-state index in [1.165, 1.54) is 6.07 Å². The zero-order valence-corrected chi connectivity index (χ0v) is 12.0. The van der Waals surface area contributed by atoms with Gasteiger partial charge in [-0.05, 0) is 28.3 Å². The van der Waals surface area contributed by atoms with E-state index in [1.807, 2.05) is 0 Å². The van der Waals surface area contributed by atoms with Crippen LogP contribution < -0.4 is 0 Å². The molecule has 0 aliphatic heterocycles. The topological polar surface area (TPSA) is 98.0 Å². The van der Waals surface area contributed by atoms with Gasteiger partial charge in [0.1, 0.15) is 0 Å². The highest BCUT2D eigenvalue weighted by atomic mass is 16.3. The Morgan fingerprint density at radius 2 is 1.36 bits per heavy atom. The van der Waals surface area contributed by atoms with Gasteiger partial charge >= 0.3 is 0 Å². The van der Waals surface area contributed by atoms with Crippen LogP contribution in [0.3, 0.4) is 0 Å². The second-order valence-corrected chi connectivity index (χ2v) is 4.85. The Hall–Kier alpha value is -2.05. The van der Waals surface area contributed by atoms with Crippen LogP contribution in [0.1, 0.15) is 38.2 Å². The summed E-state index contributed by atoms with van der Waals surface area (Å²) < 4.78 is 0. The SMILES string of the molecule is O=C(c1ccccc1)c1cc(CO)c(CO)c(CO)c1CO. The predicted octanol–water partition coefficient (Wildman–Crippen LogP) is 0.887. The number of aliphatic hydroxyl groups is 4. The molecule has 0 saturated carbocycles. The minimum absolute atomic E-state index is 0.221. The van der Waals surface area contributed by atoms with Crippen molar-refractivity contribution in [2.75, 3.05) is 0 Å². The van der Waals surface area contributed by atoms with E-state index in [1.54, 1.807) is 30.3 Å². The first kappa shape index (κ1) is 16.3. The normalized spacial score (nSPS) is 10.7. The van der Waals surface area contributed by atoms with Gasteiger partial charge in [-0.1, -0.05) is 30.3 Å². The monoisotopic (exact) mass is 302 g/mol. The summed E-state index contributed by atoms with van der Waals surface area (Å²) in [6, 6.07) is 10.0. The minimum Gasteiger partial charge on any atom is -0.392 e. The standard InChI is InChI=1S/C17H18O5/c18-7-12-6-13(17(22)11-4-2-1-3-5-11)15(9-20)16(10-21)14(12)8-19/h1-6,18-21H,7-10H2. The molecule has 2 rings (SSSR count). The Morgan fingerprint density at radius 1 is 0.773 bits per heavy atom. The summed E-state index contributed by atoms with van der Waals surface area (Å²) in [5.41, 5.74) is 1.94. The van der Waals surface area contributed by atoms with Gasteiger partial charge in [0.2, 0.25) is 0 Å². The summed E-state index contributed by atoms with van der Waals surface area (Å²) in [4.78, 5) is 12.6. The molecule has 0 radical (unpaired) electrons. The van der Waals surface area contributed by atoms with Crippen molar-refractivity contribution < 1.29 is 25.2 Å². The van der Waals surface area contributed by atoms with Gasteiger partial charge < -0.3 is 20.4 Å². The van der Waals surface area contributed by atoms with Crippen LogP contribution in [0.15, 0.2) is 36.4 Å². The molecular weight excluding hydrogens is 284 g/mol. The number of aliphatic hydroxyl groups excluding tert-OH is 4. The Morgan fingerprint density at radius 3 is 1.86 bits per heavy atom. The van der Waals surface area contributed by atoms with E-state index in [2.05, 4.69) is 0 Å². The zero-order valence-electron chi connectivity index (χ0n) is 12.0. The van der Waals surface area contributed by atoms with E-state index in [-0.39, 0.29) is 29.1 Å². The highest BCUT2D eigenvalue weighted by molar-refractivity contribution is 6.10. The number of rotatable bonds is 6. The average Bonchev–Trinajstić information content (AvgIpc) is 2.59. The van der Waals surface area contributed by atoms with E-state index >= 15 is 0 Å². The first-order valence-corrected chi connectivity index (χ1v) is 6.87. The van der Waals surface area contributed by atoms with Crippen LogP contribution in [0, 0.1) is 0 Å². The van der Waals surface area contributed by atoms with Gasteiger partial charge in [-0.2, -0.15) is 0 Å². The van der Waals surface area contributed by atoms with Crippen LogP contribution >= 0.6 is 0 Å². The highest BCUT2D eigenvalue weighted by Crippen LogP contribution is 2.26. The summed E-state index contributed by atoms with van der Waals surface area (Å²) in [6.45, 7) is -1.64. The number of carbonyl (C=O) groups is 1. The fourth-order valence-corrected chi connectivity index (χ4v) is 2.54. The molecule has 0 unspecified atom stereocenters. The Kier molecular flexibility index (Phi) is 5.41. The lowest BCUT2D eigenvalue weighted by Gasteiger charge is -2.18. The maximum Gasteiger partial charge on any atom is 0.193 e. The fourth-order valence-electron chi connectivity index (χ4n) is 2.54. The number of hydrogen-bond donors (Lipinski definition) is 4. The van der Waals surface area contributed by atoms with Gasteiger partial charge in [0.15, 0.2) is 5.78 Å². The zero-order chi connectivity index (χ0) is 16.1. The molecule has 0 aromatic heterocycles. The largest absolute Gasteiger partial charge is 0.392 e. The first-order chi connectivity index (χ1) is 10.7. The van der Waals surface area contributed by atoms with Crippen molar-refractivity contribution in [1.29, 1.82) is 0 Å². The maximum atomic E-state index is 12.6. The van der Waals surface area contributed by atoms with Gasteiger partial charge in [0.25, 0.3) is 0 Å². The lowest BCUT2D eigenvalue weighted by atomic mass is 9.89. The third kappa shape index (κ3) is 2.93. The molecule has 4 N–H and O–H groups in total. The summed E-state index contributed by atoms with van der Waals surface area (Å²) in [5.74, 6) is -0.307. The molecule has 5 heteroatoms.